The molecule has 0 aromatic carbocycles. The summed E-state index contributed by atoms with van der Waals surface area (Å²) in [7, 11) is -3.46. The third kappa shape index (κ3) is 6.26. The van der Waals surface area contributed by atoms with Gasteiger partial charge in [0.1, 0.15) is 10.5 Å². The Labute approximate surface area is 175 Å². The van der Waals surface area contributed by atoms with Crippen molar-refractivity contribution in [3.63, 3.8) is 0 Å². The van der Waals surface area contributed by atoms with Crippen LogP contribution in [-0.2, 0) is 16.6 Å². The van der Waals surface area contributed by atoms with Crippen molar-refractivity contribution >= 4 is 27.3 Å². The number of rotatable bonds is 8. The van der Waals surface area contributed by atoms with E-state index in [1.54, 1.807) is 12.3 Å². The van der Waals surface area contributed by atoms with E-state index in [1.165, 1.54) is 11.3 Å². The number of nitrogens with zero attached hydrogens (tertiary/aromatic N) is 4. The quantitative estimate of drug-likeness (QED) is 0.360. The number of aromatic nitrogens is 1. The van der Waals surface area contributed by atoms with E-state index in [0.717, 1.165) is 55.8 Å². The molecule has 0 unspecified atom stereocenters. The minimum absolute atomic E-state index is 0.264. The topological polar surface area (TPSA) is 103 Å². The lowest BCUT2D eigenvalue weighted by molar-refractivity contribution is 0.169. The van der Waals surface area contributed by atoms with E-state index in [1.807, 2.05) is 26.0 Å². The van der Waals surface area contributed by atoms with Crippen molar-refractivity contribution in [3.05, 3.63) is 35.0 Å². The molecule has 0 saturated carbocycles. The smallest absolute Gasteiger partial charge is 0.250 e. The molecule has 3 rings (SSSR count). The van der Waals surface area contributed by atoms with E-state index in [-0.39, 0.29) is 6.54 Å². The lowest BCUT2D eigenvalue weighted by Gasteiger charge is -2.36. The Bertz CT molecular complexity index is 887. The van der Waals surface area contributed by atoms with Crippen LogP contribution in [0.5, 0.6) is 0 Å². The molecule has 9 nitrogen and oxygen atoms in total. The minimum Gasteiger partial charge on any atom is -0.364 e. The highest BCUT2D eigenvalue weighted by atomic mass is 32.2. The molecule has 1 aliphatic rings. The predicted octanol–water partition coefficient (Wildman–Crippen LogP) is 1.11. The van der Waals surface area contributed by atoms with E-state index in [2.05, 4.69) is 30.0 Å². The largest absolute Gasteiger partial charge is 0.364 e. The Morgan fingerprint density at radius 2 is 2.07 bits per heavy atom. The maximum absolute atomic E-state index is 12.3. The third-order valence-corrected chi connectivity index (χ3v) is 7.48. The molecule has 0 spiro atoms. The monoisotopic (exact) mass is 440 g/mol. The maximum atomic E-state index is 12.3. The molecule has 1 fully saturated rings. The van der Waals surface area contributed by atoms with Crippen LogP contribution in [0.2, 0.25) is 0 Å². The normalized spacial score (nSPS) is 16.3. The van der Waals surface area contributed by atoms with Crippen LogP contribution in [0.3, 0.4) is 0 Å². The highest BCUT2D eigenvalue weighted by Crippen LogP contribution is 2.20. The first-order chi connectivity index (χ1) is 14.0. The molecule has 2 aromatic rings. The standard InChI is InChI=1S/C18H28N6O3S2/c1-3-19-18(20-7-8-21-29(25,26)17-5-4-15(2)28-17)24-11-9-23(10-12-24)14-16-6-13-27-22-16/h4-6,13,21H,3,7-12,14H2,1-2H3,(H,19,20). The van der Waals surface area contributed by atoms with Gasteiger partial charge in [0.05, 0.1) is 12.2 Å². The Kier molecular flexibility index (Phi) is 7.64. The summed E-state index contributed by atoms with van der Waals surface area (Å²) in [6, 6.07) is 5.33. The number of aliphatic imine (C=N–C) groups is 1. The van der Waals surface area contributed by atoms with Gasteiger partial charge in [-0.15, -0.1) is 11.3 Å². The van der Waals surface area contributed by atoms with Crippen molar-refractivity contribution in [2.24, 2.45) is 4.99 Å². The van der Waals surface area contributed by atoms with Gasteiger partial charge in [-0.1, -0.05) is 5.16 Å². The molecule has 0 amide bonds. The fourth-order valence-electron chi connectivity index (χ4n) is 3.06. The molecule has 2 aromatic heterocycles. The second-order valence-electron chi connectivity index (χ2n) is 6.75. The van der Waals surface area contributed by atoms with Gasteiger partial charge >= 0.3 is 0 Å². The molecule has 11 heteroatoms. The second kappa shape index (κ2) is 10.2. The van der Waals surface area contributed by atoms with Gasteiger partial charge in [0.2, 0.25) is 10.0 Å². The van der Waals surface area contributed by atoms with E-state index < -0.39 is 10.0 Å². The molecule has 0 aliphatic carbocycles. The van der Waals surface area contributed by atoms with Gasteiger partial charge in [-0.2, -0.15) is 0 Å². The zero-order valence-electron chi connectivity index (χ0n) is 16.8. The summed E-state index contributed by atoms with van der Waals surface area (Å²) in [5, 5.41) is 7.27. The van der Waals surface area contributed by atoms with E-state index >= 15 is 0 Å². The van der Waals surface area contributed by atoms with Crippen LogP contribution in [0.1, 0.15) is 17.5 Å². The number of nitrogens with one attached hydrogen (secondary N) is 2. The van der Waals surface area contributed by atoms with Crippen molar-refractivity contribution in [1.29, 1.82) is 0 Å². The number of sulfonamides is 1. The molecule has 0 bridgehead atoms. The first-order valence-electron chi connectivity index (χ1n) is 9.69. The lowest BCUT2D eigenvalue weighted by Crippen LogP contribution is -2.52. The Morgan fingerprint density at radius 3 is 2.69 bits per heavy atom. The molecule has 1 aliphatic heterocycles. The second-order valence-corrected chi connectivity index (χ2v) is 10.0. The number of hydrogen-bond donors (Lipinski definition) is 2. The lowest BCUT2D eigenvalue weighted by atomic mass is 10.3. The Balaban J connectivity index is 1.48. The van der Waals surface area contributed by atoms with Gasteiger partial charge in [0.25, 0.3) is 0 Å². The molecule has 160 valence electrons. The van der Waals surface area contributed by atoms with Gasteiger partial charge in [0, 0.05) is 56.8 Å². The molecule has 1 saturated heterocycles. The van der Waals surface area contributed by atoms with Gasteiger partial charge < -0.3 is 14.7 Å². The van der Waals surface area contributed by atoms with Crippen LogP contribution in [0, 0.1) is 6.92 Å². The summed E-state index contributed by atoms with van der Waals surface area (Å²) >= 11 is 1.27. The Hall–Kier alpha value is -1.95. The number of aryl methyl sites for hydroxylation is 1. The molecular formula is C18H28N6O3S2. The number of hydrogen-bond acceptors (Lipinski definition) is 7. The summed E-state index contributed by atoms with van der Waals surface area (Å²) in [6.45, 7) is 9.61. The summed E-state index contributed by atoms with van der Waals surface area (Å²) in [4.78, 5) is 10.1. The van der Waals surface area contributed by atoms with Crippen LogP contribution >= 0.6 is 11.3 Å². The molecule has 0 atom stereocenters. The van der Waals surface area contributed by atoms with Gasteiger partial charge in [0.15, 0.2) is 5.96 Å². The summed E-state index contributed by atoms with van der Waals surface area (Å²) in [6.07, 6.45) is 1.59. The van der Waals surface area contributed by atoms with Gasteiger partial charge in [-0.05, 0) is 26.0 Å². The van der Waals surface area contributed by atoms with Crippen LogP contribution in [0.4, 0.5) is 0 Å². The number of thiophene rings is 1. The molecule has 3 heterocycles. The first-order valence-corrected chi connectivity index (χ1v) is 12.0. The highest BCUT2D eigenvalue weighted by Gasteiger charge is 2.20. The van der Waals surface area contributed by atoms with Crippen LogP contribution in [0.15, 0.2) is 38.2 Å². The summed E-state index contributed by atoms with van der Waals surface area (Å²) in [5.41, 5.74) is 0.937. The minimum atomic E-state index is -3.46. The number of guanidine groups is 1. The molecule has 2 N–H and O–H groups in total. The van der Waals surface area contributed by atoms with E-state index in [9.17, 15) is 8.42 Å². The van der Waals surface area contributed by atoms with Crippen LogP contribution in [-0.4, -0.2) is 75.1 Å². The summed E-state index contributed by atoms with van der Waals surface area (Å²) < 4.78 is 32.4. The molecular weight excluding hydrogens is 412 g/mol. The first kappa shape index (κ1) is 21.8. The predicted molar refractivity (Wildman–Crippen MR) is 114 cm³/mol. The maximum Gasteiger partial charge on any atom is 0.250 e. The zero-order valence-corrected chi connectivity index (χ0v) is 18.4. The Morgan fingerprint density at radius 1 is 1.28 bits per heavy atom. The van der Waals surface area contributed by atoms with Crippen molar-refractivity contribution in [3.8, 4) is 0 Å². The van der Waals surface area contributed by atoms with E-state index in [0.29, 0.717) is 10.8 Å². The fourth-order valence-corrected chi connectivity index (χ4v) is 5.41. The van der Waals surface area contributed by atoms with Crippen molar-refractivity contribution in [2.75, 3.05) is 45.8 Å². The fraction of sp³-hybridized carbons (Fsp3) is 0.556. The van der Waals surface area contributed by atoms with Crippen molar-refractivity contribution < 1.29 is 12.9 Å². The third-order valence-electron chi connectivity index (χ3n) is 4.53. The summed E-state index contributed by atoms with van der Waals surface area (Å²) in [5.74, 6) is 0.819. The number of piperazine rings is 1. The van der Waals surface area contributed by atoms with Gasteiger partial charge in [-0.3, -0.25) is 9.89 Å². The van der Waals surface area contributed by atoms with Gasteiger partial charge in [-0.25, -0.2) is 13.1 Å². The van der Waals surface area contributed by atoms with Crippen LogP contribution < -0.4 is 10.0 Å². The molecule has 0 radical (unpaired) electrons. The SMILES string of the molecule is CCNC(=NCCNS(=O)(=O)c1ccc(C)s1)N1CCN(Cc2ccon2)CC1. The molecule has 29 heavy (non-hydrogen) atoms. The van der Waals surface area contributed by atoms with Crippen molar-refractivity contribution in [2.45, 2.75) is 24.6 Å². The average molecular weight is 441 g/mol. The highest BCUT2D eigenvalue weighted by molar-refractivity contribution is 7.91. The van der Waals surface area contributed by atoms with E-state index in [4.69, 9.17) is 4.52 Å². The van der Waals surface area contributed by atoms with Crippen LogP contribution in [0.25, 0.3) is 0 Å². The average Bonchev–Trinajstić information content (AvgIpc) is 3.37. The van der Waals surface area contributed by atoms with Crippen molar-refractivity contribution in [1.82, 2.24) is 25.0 Å². The zero-order chi connectivity index (χ0) is 20.7.